The second-order valence-corrected chi connectivity index (χ2v) is 6.56. The van der Waals surface area contributed by atoms with Crippen LogP contribution in [0.1, 0.15) is 19.3 Å². The molecule has 0 spiro atoms. The van der Waals surface area contributed by atoms with E-state index in [1.807, 2.05) is 35.2 Å². The predicted octanol–water partition coefficient (Wildman–Crippen LogP) is 1.67. The molecule has 2 aromatic rings. The molecule has 25 heavy (non-hydrogen) atoms. The van der Waals surface area contributed by atoms with Crippen molar-refractivity contribution in [1.82, 2.24) is 25.1 Å². The van der Waals surface area contributed by atoms with Crippen LogP contribution >= 0.6 is 0 Å². The Morgan fingerprint density at radius 3 is 2.64 bits per heavy atom. The summed E-state index contributed by atoms with van der Waals surface area (Å²) in [6, 6.07) is 9.87. The van der Waals surface area contributed by atoms with Crippen LogP contribution in [-0.2, 0) is 4.79 Å². The third-order valence-corrected chi connectivity index (χ3v) is 4.92. The minimum atomic E-state index is 0.263. The minimum Gasteiger partial charge on any atom is -0.339 e. The predicted molar refractivity (Wildman–Crippen MR) is 94.4 cm³/mol. The second-order valence-electron chi connectivity index (χ2n) is 6.56. The first-order valence-electron chi connectivity index (χ1n) is 8.84. The number of rotatable bonds is 4. The molecule has 1 fully saturated rings. The second kappa shape index (κ2) is 7.04. The van der Waals surface area contributed by atoms with Gasteiger partial charge in [0.15, 0.2) is 0 Å². The highest BCUT2D eigenvalue weighted by Gasteiger charge is 2.26. The zero-order chi connectivity index (χ0) is 17.1. The fraction of sp³-hybridized carbons (Fsp3) is 0.444. The fourth-order valence-corrected chi connectivity index (χ4v) is 3.49. The van der Waals surface area contributed by atoms with Gasteiger partial charge >= 0.3 is 0 Å². The quantitative estimate of drug-likeness (QED) is 0.793. The molecule has 0 bridgehead atoms. The molecule has 7 heteroatoms. The van der Waals surface area contributed by atoms with E-state index >= 15 is 0 Å². The number of benzene rings is 1. The summed E-state index contributed by atoms with van der Waals surface area (Å²) in [4.78, 5) is 16.6. The topological polar surface area (TPSA) is 67.2 Å². The van der Waals surface area contributed by atoms with Crippen LogP contribution in [0.5, 0.6) is 0 Å². The van der Waals surface area contributed by atoms with Crippen LogP contribution in [0.15, 0.2) is 42.5 Å². The van der Waals surface area contributed by atoms with Crippen molar-refractivity contribution in [2.75, 3.05) is 31.1 Å². The van der Waals surface area contributed by atoms with Gasteiger partial charge in [-0.25, -0.2) is 0 Å². The highest BCUT2D eigenvalue weighted by atomic mass is 16.2. The van der Waals surface area contributed by atoms with Gasteiger partial charge in [0.05, 0.1) is 5.69 Å². The Balaban J connectivity index is 1.39. The number of hydrogen-bond acceptors (Lipinski definition) is 5. The van der Waals surface area contributed by atoms with Crippen LogP contribution in [0.4, 0.5) is 5.95 Å². The summed E-state index contributed by atoms with van der Waals surface area (Å²) in [7, 11) is 0. The van der Waals surface area contributed by atoms with Crippen molar-refractivity contribution >= 4 is 11.9 Å². The smallest absolute Gasteiger partial charge is 0.250 e. The Labute approximate surface area is 146 Å². The molecule has 1 amide bonds. The van der Waals surface area contributed by atoms with Crippen molar-refractivity contribution in [2.45, 2.75) is 19.3 Å². The first-order valence-corrected chi connectivity index (χ1v) is 8.84. The molecule has 1 aromatic heterocycles. The van der Waals surface area contributed by atoms with Crippen LogP contribution in [0, 0.1) is 5.92 Å². The molecule has 0 radical (unpaired) electrons. The van der Waals surface area contributed by atoms with E-state index in [2.05, 4.69) is 32.6 Å². The lowest BCUT2D eigenvalue weighted by Gasteiger charge is -2.35. The molecule has 7 nitrogen and oxygen atoms in total. The summed E-state index contributed by atoms with van der Waals surface area (Å²) in [5.74, 6) is 1.42. The summed E-state index contributed by atoms with van der Waals surface area (Å²) in [6.45, 7) is 2.94. The average molecular weight is 338 g/mol. The maximum Gasteiger partial charge on any atom is 0.250 e. The number of piperazine rings is 1. The molecule has 2 heterocycles. The lowest BCUT2D eigenvalue weighted by Crippen LogP contribution is -2.49. The zero-order valence-corrected chi connectivity index (χ0v) is 14.2. The van der Waals surface area contributed by atoms with E-state index < -0.39 is 0 Å². The highest BCUT2D eigenvalue weighted by molar-refractivity contribution is 5.77. The maximum atomic E-state index is 12.5. The number of carbonyl (C=O) groups is 1. The van der Waals surface area contributed by atoms with Crippen LogP contribution in [0.2, 0.25) is 0 Å². The van der Waals surface area contributed by atoms with Crippen LogP contribution in [0.3, 0.4) is 0 Å². The molecule has 2 aliphatic rings. The van der Waals surface area contributed by atoms with Gasteiger partial charge in [0.2, 0.25) is 11.9 Å². The van der Waals surface area contributed by atoms with Crippen molar-refractivity contribution in [3.8, 4) is 5.69 Å². The fourth-order valence-electron chi connectivity index (χ4n) is 3.49. The van der Waals surface area contributed by atoms with Gasteiger partial charge in [-0.2, -0.15) is 4.68 Å². The lowest BCUT2D eigenvalue weighted by atomic mass is 10.0. The number of allylic oxidation sites excluding steroid dienone is 2. The molecule has 4 rings (SSSR count). The first-order chi connectivity index (χ1) is 12.3. The largest absolute Gasteiger partial charge is 0.339 e. The van der Waals surface area contributed by atoms with Gasteiger partial charge in [0, 0.05) is 32.6 Å². The first kappa shape index (κ1) is 15.8. The zero-order valence-electron chi connectivity index (χ0n) is 14.2. The van der Waals surface area contributed by atoms with E-state index in [0.717, 1.165) is 50.7 Å². The third-order valence-electron chi connectivity index (χ3n) is 4.92. The molecule has 1 atom stereocenters. The number of carbonyl (C=O) groups excluding carboxylic acids is 1. The van der Waals surface area contributed by atoms with Crippen molar-refractivity contribution < 1.29 is 4.79 Å². The number of hydrogen-bond donors (Lipinski definition) is 0. The van der Waals surface area contributed by atoms with Crippen molar-refractivity contribution in [2.24, 2.45) is 5.92 Å². The molecule has 0 unspecified atom stereocenters. The standard InChI is InChI=1S/C18H22N6O/c25-17(14-15-6-4-5-7-15)22-10-12-23(13-11-22)18-19-20-21-24(18)16-8-2-1-3-9-16/h1-4,6,8-9,15H,5,7,10-14H2/t15-/m0/s1. The Morgan fingerprint density at radius 2 is 1.92 bits per heavy atom. The molecule has 0 saturated carbocycles. The molecule has 130 valence electrons. The summed E-state index contributed by atoms with van der Waals surface area (Å²) in [5.41, 5.74) is 0.939. The summed E-state index contributed by atoms with van der Waals surface area (Å²) >= 11 is 0. The SMILES string of the molecule is O=C(C[C@H]1C=CCC1)N1CCN(c2nnnn2-c2ccccc2)CC1. The van der Waals surface area contributed by atoms with Crippen LogP contribution < -0.4 is 4.90 Å². The van der Waals surface area contributed by atoms with E-state index in [-0.39, 0.29) is 5.91 Å². The van der Waals surface area contributed by atoms with Gasteiger partial charge in [-0.1, -0.05) is 35.4 Å². The highest BCUT2D eigenvalue weighted by Crippen LogP contribution is 2.22. The molecular weight excluding hydrogens is 316 g/mol. The minimum absolute atomic E-state index is 0.263. The van der Waals surface area contributed by atoms with E-state index in [0.29, 0.717) is 12.3 Å². The average Bonchev–Trinajstić information content (AvgIpc) is 3.34. The summed E-state index contributed by atoms with van der Waals surface area (Å²) in [6.07, 6.45) is 7.21. The number of amides is 1. The molecule has 1 aliphatic heterocycles. The Hall–Kier alpha value is -2.70. The summed E-state index contributed by atoms with van der Waals surface area (Å²) in [5, 5.41) is 12.1. The monoisotopic (exact) mass is 338 g/mol. The summed E-state index contributed by atoms with van der Waals surface area (Å²) < 4.78 is 1.75. The van der Waals surface area contributed by atoms with Crippen molar-refractivity contribution in [1.29, 1.82) is 0 Å². The molecule has 0 N–H and O–H groups in total. The van der Waals surface area contributed by atoms with Crippen LogP contribution in [0.25, 0.3) is 5.69 Å². The molecule has 1 aliphatic carbocycles. The van der Waals surface area contributed by atoms with Gasteiger partial charge in [-0.05, 0) is 41.3 Å². The molecular formula is C18H22N6O. The van der Waals surface area contributed by atoms with Crippen LogP contribution in [-0.4, -0.2) is 57.2 Å². The van der Waals surface area contributed by atoms with Crippen molar-refractivity contribution in [3.05, 3.63) is 42.5 Å². The van der Waals surface area contributed by atoms with E-state index in [9.17, 15) is 4.79 Å². The Kier molecular flexibility index (Phi) is 4.45. The van der Waals surface area contributed by atoms with E-state index in [1.165, 1.54) is 0 Å². The number of tetrazole rings is 1. The Bertz CT molecular complexity index is 748. The number of aromatic nitrogens is 4. The van der Waals surface area contributed by atoms with Gasteiger partial charge in [-0.3, -0.25) is 4.79 Å². The maximum absolute atomic E-state index is 12.5. The molecule has 1 aromatic carbocycles. The number of para-hydroxylation sites is 1. The van der Waals surface area contributed by atoms with Gasteiger partial charge in [0.1, 0.15) is 0 Å². The lowest BCUT2D eigenvalue weighted by molar-refractivity contribution is -0.132. The van der Waals surface area contributed by atoms with Crippen molar-refractivity contribution in [3.63, 3.8) is 0 Å². The normalized spacial score (nSPS) is 20.2. The number of anilines is 1. The molecule has 1 saturated heterocycles. The number of nitrogens with zero attached hydrogens (tertiary/aromatic N) is 6. The van der Waals surface area contributed by atoms with Gasteiger partial charge in [-0.15, -0.1) is 0 Å². The van der Waals surface area contributed by atoms with Gasteiger partial charge in [0.25, 0.3) is 0 Å². The Morgan fingerprint density at radius 1 is 1.12 bits per heavy atom. The third kappa shape index (κ3) is 3.40. The van der Waals surface area contributed by atoms with E-state index in [4.69, 9.17) is 0 Å². The van der Waals surface area contributed by atoms with Gasteiger partial charge < -0.3 is 9.80 Å². The van der Waals surface area contributed by atoms with E-state index in [1.54, 1.807) is 4.68 Å².